The Morgan fingerprint density at radius 2 is 2.36 bits per heavy atom. The lowest BCUT2D eigenvalue weighted by Gasteiger charge is -2.14. The number of urea groups is 1. The maximum atomic E-state index is 11.4. The van der Waals surface area contributed by atoms with Gasteiger partial charge in [-0.15, -0.1) is 0 Å². The van der Waals surface area contributed by atoms with Gasteiger partial charge in [0.05, 0.1) is 0 Å². The van der Waals surface area contributed by atoms with E-state index in [9.17, 15) is 4.79 Å². The Kier molecular flexibility index (Phi) is 3.88. The average Bonchev–Trinajstić information content (AvgIpc) is 2.16. The molecular formula is C9H12BrN3O. The van der Waals surface area contributed by atoms with E-state index in [1.165, 1.54) is 0 Å². The molecule has 5 heteroatoms. The van der Waals surface area contributed by atoms with Gasteiger partial charge in [0.15, 0.2) is 0 Å². The van der Waals surface area contributed by atoms with Crippen LogP contribution in [0.2, 0.25) is 0 Å². The third-order valence-electron chi connectivity index (χ3n) is 1.77. The van der Waals surface area contributed by atoms with Gasteiger partial charge in [-0.3, -0.25) is 5.32 Å². The summed E-state index contributed by atoms with van der Waals surface area (Å²) in [6, 6.07) is 5.21. The Bertz CT molecular complexity index is 330. The second-order valence-corrected chi connectivity index (χ2v) is 3.60. The van der Waals surface area contributed by atoms with E-state index in [2.05, 4.69) is 26.2 Å². The number of amides is 2. The maximum absolute atomic E-state index is 11.4. The fourth-order valence-electron chi connectivity index (χ4n) is 0.826. The molecule has 0 saturated heterocycles. The number of hydrogen-bond acceptors (Lipinski definition) is 2. The number of aromatic nitrogens is 1. The van der Waals surface area contributed by atoms with Gasteiger partial charge in [0.1, 0.15) is 10.4 Å². The average molecular weight is 258 g/mol. The van der Waals surface area contributed by atoms with Crippen molar-refractivity contribution in [1.82, 2.24) is 9.88 Å². The molecule has 0 aliphatic carbocycles. The second kappa shape index (κ2) is 4.95. The predicted octanol–water partition coefficient (Wildman–Crippen LogP) is 2.33. The molecule has 0 saturated carbocycles. The second-order valence-electron chi connectivity index (χ2n) is 2.79. The van der Waals surface area contributed by atoms with Crippen LogP contribution in [0.4, 0.5) is 10.6 Å². The molecule has 0 radical (unpaired) electrons. The normalized spacial score (nSPS) is 9.64. The molecule has 0 aliphatic rings. The van der Waals surface area contributed by atoms with Gasteiger partial charge in [-0.05, 0) is 35.0 Å². The minimum absolute atomic E-state index is 0.155. The van der Waals surface area contributed by atoms with E-state index in [4.69, 9.17) is 0 Å². The van der Waals surface area contributed by atoms with E-state index in [1.807, 2.05) is 13.0 Å². The van der Waals surface area contributed by atoms with E-state index in [0.29, 0.717) is 17.0 Å². The van der Waals surface area contributed by atoms with Crippen molar-refractivity contribution >= 4 is 27.8 Å². The molecule has 76 valence electrons. The summed E-state index contributed by atoms with van der Waals surface area (Å²) in [6.07, 6.45) is 0. The van der Waals surface area contributed by atoms with Gasteiger partial charge in [-0.1, -0.05) is 6.07 Å². The third-order valence-corrected chi connectivity index (χ3v) is 2.21. The number of pyridine rings is 1. The van der Waals surface area contributed by atoms with Crippen molar-refractivity contribution in [2.75, 3.05) is 18.9 Å². The summed E-state index contributed by atoms with van der Waals surface area (Å²) in [6.45, 7) is 2.58. The summed E-state index contributed by atoms with van der Waals surface area (Å²) in [7, 11) is 1.73. The first kappa shape index (κ1) is 11.0. The zero-order valence-corrected chi connectivity index (χ0v) is 9.71. The van der Waals surface area contributed by atoms with Gasteiger partial charge in [-0.2, -0.15) is 0 Å². The topological polar surface area (TPSA) is 45.2 Å². The van der Waals surface area contributed by atoms with Crippen LogP contribution in [0.15, 0.2) is 22.8 Å². The lowest BCUT2D eigenvalue weighted by Crippen LogP contribution is -2.31. The van der Waals surface area contributed by atoms with Gasteiger partial charge in [-0.25, -0.2) is 9.78 Å². The Morgan fingerprint density at radius 1 is 1.64 bits per heavy atom. The van der Waals surface area contributed by atoms with Crippen LogP contribution in [0.3, 0.4) is 0 Å². The molecule has 1 heterocycles. The highest BCUT2D eigenvalue weighted by Gasteiger charge is 2.06. The quantitative estimate of drug-likeness (QED) is 0.827. The largest absolute Gasteiger partial charge is 0.328 e. The zero-order valence-electron chi connectivity index (χ0n) is 8.12. The van der Waals surface area contributed by atoms with E-state index < -0.39 is 0 Å². The van der Waals surface area contributed by atoms with E-state index >= 15 is 0 Å². The van der Waals surface area contributed by atoms with Crippen LogP contribution in [-0.4, -0.2) is 29.5 Å². The molecule has 0 aliphatic heterocycles. The van der Waals surface area contributed by atoms with Crippen LogP contribution in [0.25, 0.3) is 0 Å². The number of nitrogens with zero attached hydrogens (tertiary/aromatic N) is 2. The fourth-order valence-corrected chi connectivity index (χ4v) is 1.17. The standard InChI is InChI=1S/C9H12BrN3O/c1-3-13(2)9(14)12-8-6-4-5-7(10)11-8/h4-6H,3H2,1-2H3,(H,11,12,14). The number of hydrogen-bond donors (Lipinski definition) is 1. The highest BCUT2D eigenvalue weighted by atomic mass is 79.9. The van der Waals surface area contributed by atoms with Crippen LogP contribution in [0.1, 0.15) is 6.92 Å². The van der Waals surface area contributed by atoms with Gasteiger partial charge >= 0.3 is 6.03 Å². The van der Waals surface area contributed by atoms with Crippen LogP contribution in [0, 0.1) is 0 Å². The molecule has 1 N–H and O–H groups in total. The van der Waals surface area contributed by atoms with Crippen molar-refractivity contribution in [3.63, 3.8) is 0 Å². The monoisotopic (exact) mass is 257 g/mol. The van der Waals surface area contributed by atoms with Gasteiger partial charge in [0, 0.05) is 13.6 Å². The minimum Gasteiger partial charge on any atom is -0.328 e. The predicted molar refractivity (Wildman–Crippen MR) is 59.3 cm³/mol. The molecule has 0 aromatic carbocycles. The molecule has 0 atom stereocenters. The minimum atomic E-state index is -0.155. The Hall–Kier alpha value is -1.10. The summed E-state index contributed by atoms with van der Waals surface area (Å²) in [5.74, 6) is 0.546. The number of halogens is 1. The first-order chi connectivity index (χ1) is 6.63. The van der Waals surface area contributed by atoms with Crippen LogP contribution < -0.4 is 5.32 Å². The first-order valence-corrected chi connectivity index (χ1v) is 5.07. The van der Waals surface area contributed by atoms with Crippen molar-refractivity contribution in [2.24, 2.45) is 0 Å². The molecule has 4 nitrogen and oxygen atoms in total. The van der Waals surface area contributed by atoms with Crippen molar-refractivity contribution < 1.29 is 4.79 Å². The summed E-state index contributed by atoms with van der Waals surface area (Å²) in [4.78, 5) is 17.1. The van der Waals surface area contributed by atoms with Crippen LogP contribution in [0.5, 0.6) is 0 Å². The highest BCUT2D eigenvalue weighted by molar-refractivity contribution is 9.10. The lowest BCUT2D eigenvalue weighted by molar-refractivity contribution is 0.224. The molecule has 2 amide bonds. The van der Waals surface area contributed by atoms with Crippen molar-refractivity contribution in [3.05, 3.63) is 22.8 Å². The summed E-state index contributed by atoms with van der Waals surface area (Å²) in [5, 5.41) is 2.68. The number of nitrogens with one attached hydrogen (secondary N) is 1. The molecule has 14 heavy (non-hydrogen) atoms. The van der Waals surface area contributed by atoms with Crippen molar-refractivity contribution in [3.8, 4) is 0 Å². The number of carbonyl (C=O) groups excluding carboxylic acids is 1. The first-order valence-electron chi connectivity index (χ1n) is 4.28. The van der Waals surface area contributed by atoms with Gasteiger partial charge in [0.25, 0.3) is 0 Å². The molecule has 0 spiro atoms. The highest BCUT2D eigenvalue weighted by Crippen LogP contribution is 2.10. The fraction of sp³-hybridized carbons (Fsp3) is 0.333. The Morgan fingerprint density at radius 3 is 2.93 bits per heavy atom. The van der Waals surface area contributed by atoms with Crippen molar-refractivity contribution in [1.29, 1.82) is 0 Å². The molecule has 1 aromatic heterocycles. The summed E-state index contributed by atoms with van der Waals surface area (Å²) in [5.41, 5.74) is 0. The van der Waals surface area contributed by atoms with E-state index in [1.54, 1.807) is 24.1 Å². The van der Waals surface area contributed by atoms with Gasteiger partial charge < -0.3 is 4.90 Å². The third kappa shape index (κ3) is 2.99. The Labute approximate surface area is 91.4 Å². The maximum Gasteiger partial charge on any atom is 0.322 e. The molecule has 0 bridgehead atoms. The zero-order chi connectivity index (χ0) is 10.6. The van der Waals surface area contributed by atoms with Crippen molar-refractivity contribution in [2.45, 2.75) is 6.92 Å². The van der Waals surface area contributed by atoms with Crippen LogP contribution in [-0.2, 0) is 0 Å². The summed E-state index contributed by atoms with van der Waals surface area (Å²) < 4.78 is 0.703. The van der Waals surface area contributed by atoms with Gasteiger partial charge in [0.2, 0.25) is 0 Å². The number of anilines is 1. The summed E-state index contributed by atoms with van der Waals surface area (Å²) >= 11 is 3.23. The smallest absolute Gasteiger partial charge is 0.322 e. The van der Waals surface area contributed by atoms with Crippen LogP contribution >= 0.6 is 15.9 Å². The molecule has 1 rings (SSSR count). The molecular weight excluding hydrogens is 246 g/mol. The number of carbonyl (C=O) groups is 1. The molecule has 0 unspecified atom stereocenters. The SMILES string of the molecule is CCN(C)C(=O)Nc1cccc(Br)n1. The number of rotatable bonds is 2. The van der Waals surface area contributed by atoms with E-state index in [0.717, 1.165) is 0 Å². The molecule has 1 aromatic rings. The lowest BCUT2D eigenvalue weighted by atomic mass is 10.4. The van der Waals surface area contributed by atoms with E-state index in [-0.39, 0.29) is 6.03 Å². The Balaban J connectivity index is 2.65. The molecule has 0 fully saturated rings.